The first-order chi connectivity index (χ1) is 13.7. The highest BCUT2D eigenvalue weighted by atomic mass is 19.1. The molecule has 4 rings (SSSR count). The molecule has 0 bridgehead atoms. The van der Waals surface area contributed by atoms with E-state index in [-0.39, 0.29) is 11.7 Å². The van der Waals surface area contributed by atoms with E-state index >= 15 is 0 Å². The zero-order valence-electron chi connectivity index (χ0n) is 15.1. The van der Waals surface area contributed by atoms with Crippen molar-refractivity contribution >= 4 is 28.5 Å². The molecule has 0 aliphatic carbocycles. The molecule has 0 unspecified atom stereocenters. The van der Waals surface area contributed by atoms with Gasteiger partial charge in [-0.3, -0.25) is 9.78 Å². The summed E-state index contributed by atoms with van der Waals surface area (Å²) < 4.78 is 13.5. The highest BCUT2D eigenvalue weighted by molar-refractivity contribution is 6.31. The van der Waals surface area contributed by atoms with Crippen molar-refractivity contribution in [3.63, 3.8) is 0 Å². The van der Waals surface area contributed by atoms with Crippen molar-refractivity contribution in [2.75, 3.05) is 22.5 Å². The molecule has 140 valence electrons. The molecular weight excluding hydrogens is 355 g/mol. The first-order valence-corrected chi connectivity index (χ1v) is 9.01. The Bertz CT molecular complexity index is 1020. The number of hydrogen-bond acceptors (Lipinski definition) is 4. The smallest absolute Gasteiger partial charge is 0.257 e. The number of amides is 1. The minimum Gasteiger partial charge on any atom is -0.385 e. The highest BCUT2D eigenvalue weighted by Gasteiger charge is 2.24. The van der Waals surface area contributed by atoms with Crippen LogP contribution in [0, 0.1) is 5.82 Å². The molecule has 5 nitrogen and oxygen atoms in total. The van der Waals surface area contributed by atoms with E-state index in [2.05, 4.69) is 20.9 Å². The van der Waals surface area contributed by atoms with Crippen molar-refractivity contribution in [1.29, 1.82) is 0 Å². The van der Waals surface area contributed by atoms with Crippen molar-refractivity contribution in [1.82, 2.24) is 4.98 Å². The standard InChI is InChI=1S/C22H19FN4O/c23-15-4-9-21-19(13-15)20(22(28)27-21)14-26-18-7-5-17(6-8-18)25-12-10-16-3-1-2-11-24-16/h1-9,11,13-14,25-26H,10,12H2,(H,27,28). The van der Waals surface area contributed by atoms with Crippen LogP contribution in [-0.2, 0) is 11.2 Å². The molecule has 0 radical (unpaired) electrons. The lowest BCUT2D eigenvalue weighted by Crippen LogP contribution is -2.06. The predicted molar refractivity (Wildman–Crippen MR) is 110 cm³/mol. The molecule has 2 aromatic carbocycles. The summed E-state index contributed by atoms with van der Waals surface area (Å²) in [6, 6.07) is 17.9. The monoisotopic (exact) mass is 374 g/mol. The van der Waals surface area contributed by atoms with E-state index in [0.717, 1.165) is 30.0 Å². The van der Waals surface area contributed by atoms with Crippen LogP contribution < -0.4 is 16.0 Å². The van der Waals surface area contributed by atoms with Gasteiger partial charge in [-0.05, 0) is 54.6 Å². The third kappa shape index (κ3) is 4.01. The van der Waals surface area contributed by atoms with Gasteiger partial charge in [0, 0.05) is 53.7 Å². The number of halogens is 1. The second-order valence-corrected chi connectivity index (χ2v) is 6.42. The highest BCUT2D eigenvalue weighted by Crippen LogP contribution is 2.32. The fourth-order valence-corrected chi connectivity index (χ4v) is 3.02. The Morgan fingerprint density at radius 3 is 2.64 bits per heavy atom. The van der Waals surface area contributed by atoms with E-state index in [1.54, 1.807) is 18.5 Å². The van der Waals surface area contributed by atoms with Gasteiger partial charge in [0.2, 0.25) is 0 Å². The second-order valence-electron chi connectivity index (χ2n) is 6.42. The zero-order chi connectivity index (χ0) is 19.3. The average molecular weight is 374 g/mol. The van der Waals surface area contributed by atoms with Gasteiger partial charge >= 0.3 is 0 Å². The summed E-state index contributed by atoms with van der Waals surface area (Å²) in [5, 5.41) is 9.19. The molecule has 0 saturated carbocycles. The number of anilines is 3. The third-order valence-corrected chi connectivity index (χ3v) is 4.47. The van der Waals surface area contributed by atoms with Gasteiger partial charge in [0.15, 0.2) is 0 Å². The van der Waals surface area contributed by atoms with E-state index < -0.39 is 0 Å². The molecule has 6 heteroatoms. The van der Waals surface area contributed by atoms with Crippen LogP contribution in [0.4, 0.5) is 21.5 Å². The lowest BCUT2D eigenvalue weighted by molar-refractivity contribution is -0.110. The molecule has 3 N–H and O–H groups in total. The van der Waals surface area contributed by atoms with Crippen LogP contribution in [-0.4, -0.2) is 17.4 Å². The lowest BCUT2D eigenvalue weighted by Gasteiger charge is -2.08. The van der Waals surface area contributed by atoms with Crippen molar-refractivity contribution in [2.24, 2.45) is 0 Å². The van der Waals surface area contributed by atoms with Gasteiger partial charge in [0.05, 0.1) is 5.57 Å². The van der Waals surface area contributed by atoms with Crippen LogP contribution in [0.15, 0.2) is 73.1 Å². The molecule has 1 aliphatic heterocycles. The lowest BCUT2D eigenvalue weighted by atomic mass is 10.1. The Morgan fingerprint density at radius 2 is 1.86 bits per heavy atom. The molecule has 3 aromatic rings. The van der Waals surface area contributed by atoms with E-state index in [1.165, 1.54) is 12.1 Å². The van der Waals surface area contributed by atoms with Crippen molar-refractivity contribution in [3.8, 4) is 0 Å². The van der Waals surface area contributed by atoms with Crippen LogP contribution in [0.25, 0.3) is 5.57 Å². The average Bonchev–Trinajstić information content (AvgIpc) is 3.02. The topological polar surface area (TPSA) is 66.1 Å². The number of rotatable bonds is 6. The molecule has 1 amide bonds. The maximum atomic E-state index is 13.5. The number of aromatic nitrogens is 1. The maximum Gasteiger partial charge on any atom is 0.257 e. The summed E-state index contributed by atoms with van der Waals surface area (Å²) in [5.74, 6) is -0.622. The Morgan fingerprint density at radius 1 is 1.04 bits per heavy atom. The Kier molecular flexibility index (Phi) is 5.01. The third-order valence-electron chi connectivity index (χ3n) is 4.47. The van der Waals surface area contributed by atoms with Gasteiger partial charge < -0.3 is 16.0 Å². The minimum absolute atomic E-state index is 0.249. The van der Waals surface area contributed by atoms with Gasteiger partial charge in [-0.15, -0.1) is 0 Å². The fourth-order valence-electron chi connectivity index (χ4n) is 3.02. The number of nitrogens with one attached hydrogen (secondary N) is 3. The number of benzene rings is 2. The second kappa shape index (κ2) is 7.92. The molecule has 1 aliphatic rings. The van der Waals surface area contributed by atoms with Crippen LogP contribution >= 0.6 is 0 Å². The van der Waals surface area contributed by atoms with Gasteiger partial charge in [0.25, 0.3) is 5.91 Å². The first kappa shape index (κ1) is 17.7. The summed E-state index contributed by atoms with van der Waals surface area (Å²) in [4.78, 5) is 16.4. The van der Waals surface area contributed by atoms with E-state index in [4.69, 9.17) is 0 Å². The Balaban J connectivity index is 1.37. The van der Waals surface area contributed by atoms with Gasteiger partial charge in [-0.2, -0.15) is 0 Å². The molecular formula is C22H19FN4O. The zero-order valence-corrected chi connectivity index (χ0v) is 15.1. The number of pyridine rings is 1. The van der Waals surface area contributed by atoms with Crippen LogP contribution in [0.1, 0.15) is 11.3 Å². The van der Waals surface area contributed by atoms with Crippen molar-refractivity contribution in [3.05, 3.63) is 90.1 Å². The molecule has 1 aromatic heterocycles. The summed E-state index contributed by atoms with van der Waals surface area (Å²) in [6.07, 6.45) is 4.24. The van der Waals surface area contributed by atoms with E-state index in [1.807, 2.05) is 42.5 Å². The largest absolute Gasteiger partial charge is 0.385 e. The Labute approximate surface area is 162 Å². The van der Waals surface area contributed by atoms with E-state index in [0.29, 0.717) is 16.8 Å². The number of hydrogen-bond donors (Lipinski definition) is 3. The van der Waals surface area contributed by atoms with Gasteiger partial charge in [-0.25, -0.2) is 4.39 Å². The quantitative estimate of drug-likeness (QED) is 0.564. The molecule has 0 fully saturated rings. The minimum atomic E-state index is -0.373. The SMILES string of the molecule is O=C1Nc2ccc(F)cc2C1=CNc1ccc(NCCc2ccccn2)cc1. The molecule has 2 heterocycles. The van der Waals surface area contributed by atoms with Crippen molar-refractivity contribution < 1.29 is 9.18 Å². The van der Waals surface area contributed by atoms with Crippen LogP contribution in [0.2, 0.25) is 0 Å². The summed E-state index contributed by atoms with van der Waals surface area (Å²) in [6.45, 7) is 0.788. The normalized spacial score (nSPS) is 13.9. The molecule has 0 saturated heterocycles. The summed E-state index contributed by atoms with van der Waals surface area (Å²) >= 11 is 0. The molecule has 0 atom stereocenters. The van der Waals surface area contributed by atoms with Crippen molar-refractivity contribution in [2.45, 2.75) is 6.42 Å². The number of carbonyl (C=O) groups is 1. The first-order valence-electron chi connectivity index (χ1n) is 9.01. The number of nitrogens with zero attached hydrogens (tertiary/aromatic N) is 1. The number of fused-ring (bicyclic) bond motifs is 1. The van der Waals surface area contributed by atoms with Gasteiger partial charge in [-0.1, -0.05) is 6.07 Å². The summed E-state index contributed by atoms with van der Waals surface area (Å²) in [7, 11) is 0. The molecule has 28 heavy (non-hydrogen) atoms. The summed E-state index contributed by atoms with van der Waals surface area (Å²) in [5.41, 5.74) is 4.47. The maximum absolute atomic E-state index is 13.5. The fraction of sp³-hybridized carbons (Fsp3) is 0.0909. The van der Waals surface area contributed by atoms with Crippen LogP contribution in [0.5, 0.6) is 0 Å². The van der Waals surface area contributed by atoms with Crippen LogP contribution in [0.3, 0.4) is 0 Å². The van der Waals surface area contributed by atoms with E-state index in [9.17, 15) is 9.18 Å². The predicted octanol–water partition coefficient (Wildman–Crippen LogP) is 4.28. The Hall–Kier alpha value is -3.67. The number of carbonyl (C=O) groups excluding carboxylic acids is 1. The van der Waals surface area contributed by atoms with Gasteiger partial charge in [0.1, 0.15) is 5.82 Å². The molecule has 0 spiro atoms.